The quantitative estimate of drug-likeness (QED) is 0.415. The molecule has 3 aromatic rings. The lowest BCUT2D eigenvalue weighted by molar-refractivity contribution is -0.119. The SMILES string of the molecule is CCc1cc2c(=O)n(CCc3ccccc3)c(SCC(=O)NC3CCCC3)nc2s1. The maximum atomic E-state index is 13.2. The minimum absolute atomic E-state index is 0.00872. The first-order valence-corrected chi connectivity index (χ1v) is 12.4. The van der Waals surface area contributed by atoms with Gasteiger partial charge < -0.3 is 5.32 Å². The first kappa shape index (κ1) is 21.1. The molecule has 1 aliphatic carbocycles. The van der Waals surface area contributed by atoms with Crippen molar-refractivity contribution in [3.63, 3.8) is 0 Å². The number of aromatic nitrogens is 2. The van der Waals surface area contributed by atoms with E-state index >= 15 is 0 Å². The highest BCUT2D eigenvalue weighted by atomic mass is 32.2. The minimum Gasteiger partial charge on any atom is -0.353 e. The van der Waals surface area contributed by atoms with Gasteiger partial charge in [-0.05, 0) is 37.3 Å². The molecule has 2 heterocycles. The molecule has 7 heteroatoms. The highest BCUT2D eigenvalue weighted by molar-refractivity contribution is 7.99. The van der Waals surface area contributed by atoms with Crippen molar-refractivity contribution in [1.29, 1.82) is 0 Å². The van der Waals surface area contributed by atoms with Gasteiger partial charge in [-0.25, -0.2) is 4.98 Å². The summed E-state index contributed by atoms with van der Waals surface area (Å²) in [4.78, 5) is 32.4. The second-order valence-corrected chi connectivity index (χ2v) is 9.77. The zero-order valence-corrected chi connectivity index (χ0v) is 18.9. The van der Waals surface area contributed by atoms with Gasteiger partial charge in [-0.3, -0.25) is 14.2 Å². The molecular weight excluding hydrogens is 414 g/mol. The van der Waals surface area contributed by atoms with Crippen LogP contribution in [0, 0.1) is 0 Å². The number of nitrogens with one attached hydrogen (secondary N) is 1. The van der Waals surface area contributed by atoms with E-state index in [1.54, 1.807) is 15.9 Å². The molecule has 0 atom stereocenters. The minimum atomic E-state index is -0.00872. The summed E-state index contributed by atoms with van der Waals surface area (Å²) in [5, 5.41) is 4.44. The second kappa shape index (κ2) is 9.79. The Kier molecular flexibility index (Phi) is 6.89. The highest BCUT2D eigenvalue weighted by Gasteiger charge is 2.19. The molecule has 1 fully saturated rings. The van der Waals surface area contributed by atoms with Crippen LogP contribution in [-0.4, -0.2) is 27.3 Å². The number of fused-ring (bicyclic) bond motifs is 1. The molecule has 30 heavy (non-hydrogen) atoms. The van der Waals surface area contributed by atoms with Gasteiger partial charge in [0.1, 0.15) is 4.83 Å². The van der Waals surface area contributed by atoms with Crippen molar-refractivity contribution in [2.24, 2.45) is 0 Å². The van der Waals surface area contributed by atoms with Gasteiger partial charge in [0.2, 0.25) is 5.91 Å². The number of benzene rings is 1. The molecule has 0 aliphatic heterocycles. The van der Waals surface area contributed by atoms with Gasteiger partial charge in [0, 0.05) is 17.5 Å². The van der Waals surface area contributed by atoms with E-state index in [1.165, 1.54) is 30.2 Å². The summed E-state index contributed by atoms with van der Waals surface area (Å²) < 4.78 is 1.75. The lowest BCUT2D eigenvalue weighted by atomic mass is 10.1. The van der Waals surface area contributed by atoms with Crippen LogP contribution in [0.15, 0.2) is 46.3 Å². The fourth-order valence-corrected chi connectivity index (χ4v) is 5.73. The van der Waals surface area contributed by atoms with Gasteiger partial charge >= 0.3 is 0 Å². The van der Waals surface area contributed by atoms with E-state index in [-0.39, 0.29) is 17.2 Å². The molecule has 0 saturated heterocycles. The van der Waals surface area contributed by atoms with Crippen molar-refractivity contribution < 1.29 is 4.79 Å². The number of rotatable bonds is 8. The van der Waals surface area contributed by atoms with Crippen LogP contribution in [0.3, 0.4) is 0 Å². The Bertz CT molecular complexity index is 1070. The number of hydrogen-bond donors (Lipinski definition) is 1. The average Bonchev–Trinajstić information content (AvgIpc) is 3.42. The van der Waals surface area contributed by atoms with Crippen LogP contribution in [0.25, 0.3) is 10.2 Å². The normalized spacial score (nSPS) is 14.4. The number of thiophene rings is 1. The zero-order chi connectivity index (χ0) is 20.9. The molecule has 4 rings (SSSR count). The molecule has 5 nitrogen and oxygen atoms in total. The average molecular weight is 442 g/mol. The lowest BCUT2D eigenvalue weighted by Crippen LogP contribution is -2.34. The van der Waals surface area contributed by atoms with E-state index in [2.05, 4.69) is 24.4 Å². The predicted molar refractivity (Wildman–Crippen MR) is 125 cm³/mol. The molecule has 0 bridgehead atoms. The van der Waals surface area contributed by atoms with Gasteiger partial charge in [-0.15, -0.1) is 11.3 Å². The summed E-state index contributed by atoms with van der Waals surface area (Å²) in [7, 11) is 0. The van der Waals surface area contributed by atoms with Crippen LogP contribution in [0.5, 0.6) is 0 Å². The Balaban J connectivity index is 1.56. The van der Waals surface area contributed by atoms with Gasteiger partial charge in [0.15, 0.2) is 5.16 Å². The summed E-state index contributed by atoms with van der Waals surface area (Å²) >= 11 is 2.94. The number of aryl methyl sites for hydroxylation is 2. The van der Waals surface area contributed by atoms with Gasteiger partial charge in [0.25, 0.3) is 5.56 Å². The van der Waals surface area contributed by atoms with Crippen LogP contribution >= 0.6 is 23.1 Å². The number of carbonyl (C=O) groups excluding carboxylic acids is 1. The Hall–Kier alpha value is -2.12. The summed E-state index contributed by atoms with van der Waals surface area (Å²) in [5.41, 5.74) is 1.17. The van der Waals surface area contributed by atoms with Crippen molar-refractivity contribution in [3.05, 3.63) is 57.2 Å². The summed E-state index contributed by atoms with van der Waals surface area (Å²) in [6, 6.07) is 12.4. The summed E-state index contributed by atoms with van der Waals surface area (Å²) in [5.74, 6) is 0.308. The van der Waals surface area contributed by atoms with E-state index in [1.807, 2.05) is 24.3 Å². The van der Waals surface area contributed by atoms with Gasteiger partial charge in [-0.2, -0.15) is 0 Å². The highest BCUT2D eigenvalue weighted by Crippen LogP contribution is 2.25. The third-order valence-corrected chi connectivity index (χ3v) is 7.68. The zero-order valence-electron chi connectivity index (χ0n) is 17.2. The monoisotopic (exact) mass is 441 g/mol. The van der Waals surface area contributed by atoms with E-state index in [4.69, 9.17) is 4.98 Å². The smallest absolute Gasteiger partial charge is 0.262 e. The van der Waals surface area contributed by atoms with Crippen molar-refractivity contribution in [1.82, 2.24) is 14.9 Å². The van der Waals surface area contributed by atoms with Crippen molar-refractivity contribution in [3.8, 4) is 0 Å². The third-order valence-electron chi connectivity index (χ3n) is 5.54. The fraction of sp³-hybridized carbons (Fsp3) is 0.435. The third kappa shape index (κ3) is 4.95. The van der Waals surface area contributed by atoms with Crippen LogP contribution in [0.2, 0.25) is 0 Å². The van der Waals surface area contributed by atoms with Crippen LogP contribution in [0.4, 0.5) is 0 Å². The number of carbonyl (C=O) groups is 1. The molecule has 2 aromatic heterocycles. The maximum absolute atomic E-state index is 13.2. The molecule has 1 aromatic carbocycles. The van der Waals surface area contributed by atoms with Crippen LogP contribution in [-0.2, 0) is 24.2 Å². The second-order valence-electron chi connectivity index (χ2n) is 7.71. The standard InChI is InChI=1S/C23H27N3O2S2/c1-2-18-14-19-21(30-18)25-23(29-15-20(27)24-17-10-6-7-11-17)26(22(19)28)13-12-16-8-4-3-5-9-16/h3-5,8-9,14,17H,2,6-7,10-13,15H2,1H3,(H,24,27). The first-order valence-electron chi connectivity index (χ1n) is 10.6. The maximum Gasteiger partial charge on any atom is 0.262 e. The molecule has 0 spiro atoms. The van der Waals surface area contributed by atoms with Crippen molar-refractivity contribution in [2.45, 2.75) is 63.2 Å². The molecular formula is C23H27N3O2S2. The number of hydrogen-bond acceptors (Lipinski definition) is 5. The molecule has 0 radical (unpaired) electrons. The van der Waals surface area contributed by atoms with Crippen molar-refractivity contribution >= 4 is 39.2 Å². The lowest BCUT2D eigenvalue weighted by Gasteiger charge is -2.14. The molecule has 1 aliphatic rings. The molecule has 1 saturated carbocycles. The van der Waals surface area contributed by atoms with Gasteiger partial charge in [0.05, 0.1) is 11.1 Å². The van der Waals surface area contributed by atoms with E-state index in [9.17, 15) is 9.59 Å². The number of nitrogens with zero attached hydrogens (tertiary/aromatic N) is 2. The summed E-state index contributed by atoms with van der Waals surface area (Å²) in [6.45, 7) is 2.64. The Morgan fingerprint density at radius 1 is 1.27 bits per heavy atom. The summed E-state index contributed by atoms with van der Waals surface area (Å²) in [6.07, 6.45) is 6.15. The fourth-order valence-electron chi connectivity index (χ4n) is 3.88. The number of amides is 1. The van der Waals surface area contributed by atoms with E-state index in [0.717, 1.165) is 35.4 Å². The Morgan fingerprint density at radius 3 is 2.77 bits per heavy atom. The first-order chi connectivity index (χ1) is 14.6. The van der Waals surface area contributed by atoms with E-state index in [0.29, 0.717) is 23.1 Å². The predicted octanol–water partition coefficient (Wildman–Crippen LogP) is 4.41. The van der Waals surface area contributed by atoms with Crippen LogP contribution < -0.4 is 10.9 Å². The van der Waals surface area contributed by atoms with Crippen LogP contribution in [0.1, 0.15) is 43.0 Å². The van der Waals surface area contributed by atoms with Gasteiger partial charge in [-0.1, -0.05) is 61.9 Å². The Labute approximate surface area is 184 Å². The largest absolute Gasteiger partial charge is 0.353 e. The van der Waals surface area contributed by atoms with E-state index < -0.39 is 0 Å². The Morgan fingerprint density at radius 2 is 2.03 bits per heavy atom. The van der Waals surface area contributed by atoms with Crippen molar-refractivity contribution in [2.75, 3.05) is 5.75 Å². The topological polar surface area (TPSA) is 64.0 Å². The number of thioether (sulfide) groups is 1. The molecule has 1 N–H and O–H groups in total. The molecule has 0 unspecified atom stereocenters. The molecule has 1 amide bonds. The molecule has 158 valence electrons.